The van der Waals surface area contributed by atoms with E-state index in [2.05, 4.69) is 30.8 Å². The monoisotopic (exact) mass is 460 g/mol. The maximum atomic E-state index is 12.9. The summed E-state index contributed by atoms with van der Waals surface area (Å²) in [6, 6.07) is 12.3. The lowest BCUT2D eigenvalue weighted by Gasteiger charge is -2.15. The van der Waals surface area contributed by atoms with Gasteiger partial charge in [0.05, 0.1) is 44.6 Å². The highest BCUT2D eigenvalue weighted by molar-refractivity contribution is 6.05. The molecule has 10 heteroatoms. The summed E-state index contributed by atoms with van der Waals surface area (Å²) in [5.41, 5.74) is 2.28. The number of rotatable bonds is 8. The van der Waals surface area contributed by atoms with Crippen LogP contribution in [0.1, 0.15) is 29.0 Å². The number of nitrogens with one attached hydrogen (secondary N) is 2. The van der Waals surface area contributed by atoms with Crippen molar-refractivity contribution in [1.29, 1.82) is 0 Å². The first-order chi connectivity index (χ1) is 16.5. The summed E-state index contributed by atoms with van der Waals surface area (Å²) >= 11 is 0. The smallest absolute Gasteiger partial charge is 0.254 e. The average Bonchev–Trinajstić information content (AvgIpc) is 2.88. The van der Waals surface area contributed by atoms with Gasteiger partial charge in [-0.15, -0.1) is 10.2 Å². The van der Waals surface area contributed by atoms with Crippen LogP contribution >= 0.6 is 0 Å². The van der Waals surface area contributed by atoms with Gasteiger partial charge < -0.3 is 24.8 Å². The Morgan fingerprint density at radius 3 is 2.32 bits per heavy atom. The first-order valence-electron chi connectivity index (χ1n) is 10.4. The molecule has 2 aromatic carbocycles. The van der Waals surface area contributed by atoms with Gasteiger partial charge in [0, 0.05) is 29.4 Å². The molecule has 2 aromatic heterocycles. The maximum absolute atomic E-state index is 12.9. The van der Waals surface area contributed by atoms with E-state index in [0.717, 1.165) is 5.39 Å². The molecule has 4 rings (SSSR count). The molecule has 174 valence electrons. The summed E-state index contributed by atoms with van der Waals surface area (Å²) in [6.07, 6.45) is 3.22. The molecule has 1 unspecified atom stereocenters. The lowest BCUT2D eigenvalue weighted by Crippen LogP contribution is -2.28. The van der Waals surface area contributed by atoms with Gasteiger partial charge in [-0.3, -0.25) is 9.78 Å². The van der Waals surface area contributed by atoms with Crippen LogP contribution in [0.5, 0.6) is 17.2 Å². The number of pyridine rings is 1. The first kappa shape index (κ1) is 22.7. The lowest BCUT2D eigenvalue weighted by molar-refractivity contribution is 0.0940. The van der Waals surface area contributed by atoms with Crippen LogP contribution in [-0.4, -0.2) is 47.4 Å². The number of hydrogen-bond acceptors (Lipinski definition) is 9. The number of hydrogen-bond donors (Lipinski definition) is 2. The van der Waals surface area contributed by atoms with Crippen LogP contribution in [0, 0.1) is 0 Å². The second kappa shape index (κ2) is 9.99. The van der Waals surface area contributed by atoms with Gasteiger partial charge in [0.15, 0.2) is 11.5 Å². The summed E-state index contributed by atoms with van der Waals surface area (Å²) in [5, 5.41) is 15.2. The van der Waals surface area contributed by atoms with Gasteiger partial charge in [0.1, 0.15) is 5.69 Å². The van der Waals surface area contributed by atoms with Crippen molar-refractivity contribution in [3.8, 4) is 17.2 Å². The lowest BCUT2D eigenvalue weighted by atomic mass is 10.1. The van der Waals surface area contributed by atoms with E-state index >= 15 is 0 Å². The van der Waals surface area contributed by atoms with Crippen molar-refractivity contribution in [3.63, 3.8) is 0 Å². The molecule has 0 spiro atoms. The molecule has 2 N–H and O–H groups in total. The Morgan fingerprint density at radius 2 is 1.68 bits per heavy atom. The van der Waals surface area contributed by atoms with Crippen molar-refractivity contribution in [2.45, 2.75) is 13.0 Å². The van der Waals surface area contributed by atoms with Crippen molar-refractivity contribution < 1.29 is 19.0 Å². The minimum atomic E-state index is -0.415. The highest BCUT2D eigenvalue weighted by atomic mass is 16.5. The first-order valence-corrected chi connectivity index (χ1v) is 10.4. The Morgan fingerprint density at radius 1 is 0.941 bits per heavy atom. The molecule has 1 atom stereocenters. The zero-order valence-electron chi connectivity index (χ0n) is 19.2. The number of aromatic nitrogens is 4. The van der Waals surface area contributed by atoms with E-state index in [9.17, 15) is 4.79 Å². The number of methoxy groups -OCH3 is 3. The molecule has 0 aliphatic rings. The fourth-order valence-electron chi connectivity index (χ4n) is 3.46. The van der Waals surface area contributed by atoms with E-state index in [1.165, 1.54) is 21.3 Å². The Hall–Kier alpha value is -4.47. The Labute approximate surface area is 196 Å². The number of fused-ring (bicyclic) bond motifs is 1. The molecular formula is C24H24N6O4. The molecule has 0 bridgehead atoms. The normalized spacial score (nSPS) is 11.5. The molecule has 1 amide bonds. The molecule has 0 saturated heterocycles. The van der Waals surface area contributed by atoms with E-state index in [0.29, 0.717) is 39.7 Å². The number of amides is 1. The highest BCUT2D eigenvalue weighted by Crippen LogP contribution is 2.40. The highest BCUT2D eigenvalue weighted by Gasteiger charge is 2.17. The molecule has 34 heavy (non-hydrogen) atoms. The third kappa shape index (κ3) is 4.65. The predicted molar refractivity (Wildman–Crippen MR) is 127 cm³/mol. The zero-order chi connectivity index (χ0) is 24.1. The number of para-hydroxylation sites is 1. The van der Waals surface area contributed by atoms with Gasteiger partial charge in [-0.25, -0.2) is 4.98 Å². The van der Waals surface area contributed by atoms with Crippen molar-refractivity contribution in [2.24, 2.45) is 0 Å². The molecule has 0 radical (unpaired) electrons. The summed E-state index contributed by atoms with van der Waals surface area (Å²) < 4.78 is 16.1. The second-order valence-electron chi connectivity index (χ2n) is 7.32. The van der Waals surface area contributed by atoms with Crippen LogP contribution in [0.2, 0.25) is 0 Å². The largest absolute Gasteiger partial charge is 0.493 e. The van der Waals surface area contributed by atoms with Crippen LogP contribution in [0.15, 0.2) is 54.9 Å². The van der Waals surface area contributed by atoms with Crippen molar-refractivity contribution in [2.75, 3.05) is 26.6 Å². The zero-order valence-corrected chi connectivity index (χ0v) is 19.2. The minimum absolute atomic E-state index is 0.252. The van der Waals surface area contributed by atoms with Gasteiger partial charge in [-0.2, -0.15) is 0 Å². The van der Waals surface area contributed by atoms with Crippen molar-refractivity contribution in [1.82, 2.24) is 25.5 Å². The summed E-state index contributed by atoms with van der Waals surface area (Å²) in [5.74, 6) is 1.49. The Bertz CT molecular complexity index is 1280. The van der Waals surface area contributed by atoms with Gasteiger partial charge in [-0.05, 0) is 19.1 Å². The summed E-state index contributed by atoms with van der Waals surface area (Å²) in [7, 11) is 4.62. The molecule has 2 heterocycles. The number of benzene rings is 2. The predicted octanol–water partition coefficient (Wildman–Crippen LogP) is 3.68. The molecule has 0 saturated carbocycles. The van der Waals surface area contributed by atoms with Crippen LogP contribution in [0.4, 0.5) is 11.6 Å². The van der Waals surface area contributed by atoms with Gasteiger partial charge in [0.2, 0.25) is 11.7 Å². The Balaban J connectivity index is 1.48. The third-order valence-electron chi connectivity index (χ3n) is 5.17. The van der Waals surface area contributed by atoms with Crippen LogP contribution in [0.3, 0.4) is 0 Å². The molecule has 10 nitrogen and oxygen atoms in total. The molecule has 0 aliphatic carbocycles. The number of carbonyl (C=O) groups excluding carboxylic acids is 1. The quantitative estimate of drug-likeness (QED) is 0.406. The van der Waals surface area contributed by atoms with E-state index < -0.39 is 6.04 Å². The summed E-state index contributed by atoms with van der Waals surface area (Å²) in [6.45, 7) is 1.81. The van der Waals surface area contributed by atoms with Crippen LogP contribution in [0.25, 0.3) is 10.9 Å². The number of carbonyl (C=O) groups is 1. The minimum Gasteiger partial charge on any atom is -0.493 e. The molecule has 0 aliphatic heterocycles. The maximum Gasteiger partial charge on any atom is 0.254 e. The van der Waals surface area contributed by atoms with Crippen LogP contribution < -0.4 is 24.8 Å². The van der Waals surface area contributed by atoms with Gasteiger partial charge in [-0.1, -0.05) is 18.2 Å². The molecule has 4 aromatic rings. The fraction of sp³-hybridized carbons (Fsp3) is 0.208. The summed E-state index contributed by atoms with van der Waals surface area (Å²) in [4.78, 5) is 21.5. The topological polar surface area (TPSA) is 120 Å². The third-order valence-corrected chi connectivity index (χ3v) is 5.17. The standard InChI is InChI=1S/C24H24N6O4/c1-14(27-23(31)17-9-5-7-15-8-6-10-25-21(15)17)18-13-26-24(30-29-18)28-16-11-19(32-2)22(34-4)20(12-16)33-3/h5-14H,1-4H3,(H,27,31)(H,26,28,30). The Kier molecular flexibility index (Phi) is 6.67. The van der Waals surface area contributed by atoms with Crippen molar-refractivity contribution >= 4 is 28.4 Å². The van der Waals surface area contributed by atoms with E-state index in [4.69, 9.17) is 14.2 Å². The van der Waals surface area contributed by atoms with E-state index in [1.807, 2.05) is 31.2 Å². The number of anilines is 2. The van der Waals surface area contributed by atoms with Crippen LogP contribution in [-0.2, 0) is 0 Å². The van der Waals surface area contributed by atoms with E-state index in [1.54, 1.807) is 30.6 Å². The van der Waals surface area contributed by atoms with Gasteiger partial charge >= 0.3 is 0 Å². The number of nitrogens with zero attached hydrogens (tertiary/aromatic N) is 4. The molecule has 0 fully saturated rings. The van der Waals surface area contributed by atoms with E-state index in [-0.39, 0.29) is 11.9 Å². The van der Waals surface area contributed by atoms with Gasteiger partial charge in [0.25, 0.3) is 5.91 Å². The van der Waals surface area contributed by atoms with Crippen molar-refractivity contribution in [3.05, 3.63) is 66.1 Å². The average molecular weight is 460 g/mol. The number of ether oxygens (including phenoxy) is 3. The second-order valence-corrected chi connectivity index (χ2v) is 7.32. The fourth-order valence-corrected chi connectivity index (χ4v) is 3.46. The SMILES string of the molecule is COc1cc(Nc2ncc(C(C)NC(=O)c3cccc4cccnc34)nn2)cc(OC)c1OC. The molecular weight excluding hydrogens is 436 g/mol.